The Bertz CT molecular complexity index is 381. The highest BCUT2D eigenvalue weighted by molar-refractivity contribution is 5.67. The summed E-state index contributed by atoms with van der Waals surface area (Å²) < 4.78 is 15.3. The fourth-order valence-corrected chi connectivity index (χ4v) is 1.54. The van der Waals surface area contributed by atoms with E-state index in [1.54, 1.807) is 21.1 Å². The van der Waals surface area contributed by atoms with Crippen LogP contribution in [0.2, 0.25) is 0 Å². The van der Waals surface area contributed by atoms with E-state index in [-0.39, 0.29) is 6.10 Å². The lowest BCUT2D eigenvalue weighted by Gasteiger charge is -2.17. The molecule has 100 valence electrons. The molecule has 0 fully saturated rings. The zero-order valence-electron chi connectivity index (χ0n) is 10.9. The predicted molar refractivity (Wildman–Crippen MR) is 67.8 cm³/mol. The van der Waals surface area contributed by atoms with Crippen LogP contribution in [0, 0.1) is 0 Å². The fraction of sp³-hybridized carbons (Fsp3) is 0.462. The van der Waals surface area contributed by atoms with Crippen LogP contribution < -0.4 is 10.1 Å². The molecule has 0 aliphatic heterocycles. The number of nitrogens with one attached hydrogen (secondary N) is 1. The molecule has 1 N–H and O–H groups in total. The Kier molecular flexibility index (Phi) is 6.00. The molecule has 0 bridgehead atoms. The van der Waals surface area contributed by atoms with Crippen LogP contribution in [0.3, 0.4) is 0 Å². The van der Waals surface area contributed by atoms with Crippen molar-refractivity contribution in [3.05, 3.63) is 29.8 Å². The quantitative estimate of drug-likeness (QED) is 0.843. The number of ether oxygens (including phenoxy) is 3. The van der Waals surface area contributed by atoms with Gasteiger partial charge in [0.1, 0.15) is 5.75 Å². The van der Waals surface area contributed by atoms with Crippen LogP contribution in [0.25, 0.3) is 0 Å². The minimum atomic E-state index is -0.442. The smallest absolute Gasteiger partial charge is 0.407 e. The number of benzene rings is 1. The summed E-state index contributed by atoms with van der Waals surface area (Å²) in [4.78, 5) is 11.2. The van der Waals surface area contributed by atoms with Gasteiger partial charge in [-0.2, -0.15) is 0 Å². The Morgan fingerprint density at radius 3 is 2.78 bits per heavy atom. The van der Waals surface area contributed by atoms with Gasteiger partial charge in [-0.1, -0.05) is 12.1 Å². The monoisotopic (exact) mass is 253 g/mol. The summed E-state index contributed by atoms with van der Waals surface area (Å²) in [5.41, 5.74) is 0.939. The molecule has 1 amide bonds. The summed E-state index contributed by atoms with van der Waals surface area (Å²) in [6, 6.07) is 7.53. The fourth-order valence-electron chi connectivity index (χ4n) is 1.54. The predicted octanol–water partition coefficient (Wildman–Crippen LogP) is 2.13. The molecule has 0 aliphatic rings. The maximum atomic E-state index is 11.2. The van der Waals surface area contributed by atoms with Crippen LogP contribution in [0.4, 0.5) is 4.79 Å². The molecule has 0 aliphatic carbocycles. The number of alkyl carbamates (subject to hydrolysis) is 1. The minimum Gasteiger partial charge on any atom is -0.497 e. The lowest BCUT2D eigenvalue weighted by Crippen LogP contribution is -2.29. The second-order valence-electron chi connectivity index (χ2n) is 3.60. The van der Waals surface area contributed by atoms with Crippen molar-refractivity contribution >= 4 is 6.09 Å². The largest absolute Gasteiger partial charge is 0.497 e. The minimum absolute atomic E-state index is 0.232. The zero-order chi connectivity index (χ0) is 13.4. The van der Waals surface area contributed by atoms with Crippen molar-refractivity contribution in [1.82, 2.24) is 5.32 Å². The highest BCUT2D eigenvalue weighted by Gasteiger charge is 2.13. The number of carbonyl (C=O) groups excluding carboxylic acids is 1. The van der Waals surface area contributed by atoms with E-state index in [9.17, 15) is 4.79 Å². The summed E-state index contributed by atoms with van der Waals surface area (Å²) in [5, 5.41) is 2.64. The molecule has 0 heterocycles. The Morgan fingerprint density at radius 2 is 2.17 bits per heavy atom. The molecule has 5 heteroatoms. The molecule has 18 heavy (non-hydrogen) atoms. The van der Waals surface area contributed by atoms with E-state index < -0.39 is 6.09 Å². The summed E-state index contributed by atoms with van der Waals surface area (Å²) in [6.07, 6.45) is -0.674. The molecule has 1 atom stereocenters. The van der Waals surface area contributed by atoms with Gasteiger partial charge in [-0.15, -0.1) is 0 Å². The third kappa shape index (κ3) is 4.25. The lowest BCUT2D eigenvalue weighted by atomic mass is 10.1. The van der Waals surface area contributed by atoms with Gasteiger partial charge in [0.2, 0.25) is 0 Å². The van der Waals surface area contributed by atoms with Crippen LogP contribution >= 0.6 is 0 Å². The highest BCUT2D eigenvalue weighted by atomic mass is 16.5. The molecule has 1 unspecified atom stereocenters. The van der Waals surface area contributed by atoms with Crippen molar-refractivity contribution in [3.8, 4) is 5.75 Å². The van der Waals surface area contributed by atoms with E-state index >= 15 is 0 Å². The molecular formula is C13H19NO4. The van der Waals surface area contributed by atoms with Gasteiger partial charge in [0, 0.05) is 7.11 Å². The van der Waals surface area contributed by atoms with E-state index in [2.05, 4.69) is 5.32 Å². The van der Waals surface area contributed by atoms with Crippen molar-refractivity contribution in [1.29, 1.82) is 0 Å². The first-order chi connectivity index (χ1) is 8.71. The number of methoxy groups -OCH3 is 2. The molecule has 0 spiro atoms. The second kappa shape index (κ2) is 7.55. The first-order valence-corrected chi connectivity index (χ1v) is 5.78. The Balaban J connectivity index is 2.62. The summed E-state index contributed by atoms with van der Waals surface area (Å²) >= 11 is 0. The molecule has 1 aromatic carbocycles. The van der Waals surface area contributed by atoms with E-state index in [1.807, 2.05) is 24.3 Å². The number of hydrogen-bond acceptors (Lipinski definition) is 4. The first kappa shape index (κ1) is 14.3. The van der Waals surface area contributed by atoms with E-state index in [0.29, 0.717) is 13.2 Å². The summed E-state index contributed by atoms with van der Waals surface area (Å²) in [7, 11) is 3.20. The van der Waals surface area contributed by atoms with Crippen molar-refractivity contribution in [2.75, 3.05) is 27.4 Å². The number of hydrogen-bond donors (Lipinski definition) is 1. The molecule has 0 radical (unpaired) electrons. The summed E-state index contributed by atoms with van der Waals surface area (Å²) in [6.45, 7) is 2.46. The van der Waals surface area contributed by atoms with Gasteiger partial charge >= 0.3 is 6.09 Å². The van der Waals surface area contributed by atoms with Gasteiger partial charge in [0.15, 0.2) is 0 Å². The van der Waals surface area contributed by atoms with E-state index in [1.165, 1.54) is 0 Å². The standard InChI is InChI=1S/C13H19NO4/c1-4-18-13(15)14-9-12(17-3)10-6-5-7-11(8-10)16-2/h5-8,12H,4,9H2,1-3H3,(H,14,15). The maximum absolute atomic E-state index is 11.2. The molecular weight excluding hydrogens is 234 g/mol. The Hall–Kier alpha value is -1.75. The third-order valence-corrected chi connectivity index (χ3v) is 2.46. The van der Waals surface area contributed by atoms with E-state index in [4.69, 9.17) is 14.2 Å². The topological polar surface area (TPSA) is 56.8 Å². The van der Waals surface area contributed by atoms with Gasteiger partial charge in [0.25, 0.3) is 0 Å². The average Bonchev–Trinajstić information content (AvgIpc) is 2.40. The van der Waals surface area contributed by atoms with Crippen LogP contribution in [0.5, 0.6) is 5.75 Å². The molecule has 1 aromatic rings. The van der Waals surface area contributed by atoms with Gasteiger partial charge in [0.05, 0.1) is 26.4 Å². The Labute approximate surface area is 107 Å². The van der Waals surface area contributed by atoms with Gasteiger partial charge < -0.3 is 19.5 Å². The van der Waals surface area contributed by atoms with Crippen LogP contribution in [0.15, 0.2) is 24.3 Å². The van der Waals surface area contributed by atoms with Crippen molar-refractivity contribution in [2.45, 2.75) is 13.0 Å². The van der Waals surface area contributed by atoms with Crippen molar-refractivity contribution in [2.24, 2.45) is 0 Å². The first-order valence-electron chi connectivity index (χ1n) is 5.78. The normalized spacial score (nSPS) is 11.7. The SMILES string of the molecule is CCOC(=O)NCC(OC)c1cccc(OC)c1. The van der Waals surface area contributed by atoms with Crippen molar-refractivity contribution < 1.29 is 19.0 Å². The second-order valence-corrected chi connectivity index (χ2v) is 3.60. The van der Waals surface area contributed by atoms with Gasteiger partial charge in [-0.05, 0) is 24.6 Å². The molecule has 1 rings (SSSR count). The summed E-state index contributed by atoms with van der Waals surface area (Å²) in [5.74, 6) is 0.755. The number of carbonyl (C=O) groups is 1. The van der Waals surface area contributed by atoms with Gasteiger partial charge in [-0.3, -0.25) is 0 Å². The number of amides is 1. The van der Waals surface area contributed by atoms with Crippen molar-refractivity contribution in [3.63, 3.8) is 0 Å². The van der Waals surface area contributed by atoms with Gasteiger partial charge in [-0.25, -0.2) is 4.79 Å². The van der Waals surface area contributed by atoms with Crippen LogP contribution in [-0.2, 0) is 9.47 Å². The maximum Gasteiger partial charge on any atom is 0.407 e. The zero-order valence-corrected chi connectivity index (χ0v) is 10.9. The molecule has 0 saturated carbocycles. The van der Waals surface area contributed by atoms with Crippen LogP contribution in [-0.4, -0.2) is 33.5 Å². The Morgan fingerprint density at radius 1 is 1.39 bits per heavy atom. The highest BCUT2D eigenvalue weighted by Crippen LogP contribution is 2.20. The van der Waals surface area contributed by atoms with Crippen LogP contribution in [0.1, 0.15) is 18.6 Å². The lowest BCUT2D eigenvalue weighted by molar-refractivity contribution is 0.0954. The molecule has 5 nitrogen and oxygen atoms in total. The third-order valence-electron chi connectivity index (χ3n) is 2.46. The average molecular weight is 253 g/mol. The molecule has 0 aromatic heterocycles. The van der Waals surface area contributed by atoms with E-state index in [0.717, 1.165) is 11.3 Å². The number of rotatable bonds is 6. The molecule has 0 saturated heterocycles.